The van der Waals surface area contributed by atoms with E-state index in [4.69, 9.17) is 9.40 Å². The molecule has 0 aliphatic rings. The molecule has 4 heterocycles. The van der Waals surface area contributed by atoms with E-state index in [1.807, 2.05) is 59.1 Å². The Labute approximate surface area is 115 Å². The van der Waals surface area contributed by atoms with Gasteiger partial charge in [-0.1, -0.05) is 12.1 Å². The number of aromatic nitrogens is 3. The summed E-state index contributed by atoms with van der Waals surface area (Å²) in [5.74, 6) is 1.53. The summed E-state index contributed by atoms with van der Waals surface area (Å²) in [4.78, 5) is 9.10. The Kier molecular flexibility index (Phi) is 2.39. The number of rotatable bonds is 2. The molecular weight excluding hydrogens is 250 g/mol. The van der Waals surface area contributed by atoms with Crippen LogP contribution in [-0.2, 0) is 0 Å². The van der Waals surface area contributed by atoms with Crippen LogP contribution in [0.1, 0.15) is 0 Å². The van der Waals surface area contributed by atoms with E-state index in [0.29, 0.717) is 0 Å². The molecule has 0 aliphatic carbocycles. The van der Waals surface area contributed by atoms with E-state index in [1.54, 1.807) is 12.5 Å². The highest BCUT2D eigenvalue weighted by Gasteiger charge is 2.15. The highest BCUT2D eigenvalue weighted by atomic mass is 16.3. The number of nitrogens with zero attached hydrogens (tertiary/aromatic N) is 3. The average Bonchev–Trinajstić information content (AvgIpc) is 3.15. The molecule has 4 rings (SSSR count). The molecule has 20 heavy (non-hydrogen) atoms. The van der Waals surface area contributed by atoms with Crippen molar-refractivity contribution < 1.29 is 4.42 Å². The molecular formula is C16H11N3O. The number of pyridine rings is 2. The Balaban J connectivity index is 2.04. The topological polar surface area (TPSA) is 43.3 Å². The predicted molar refractivity (Wildman–Crippen MR) is 76.1 cm³/mol. The molecule has 0 unspecified atom stereocenters. The Morgan fingerprint density at radius 3 is 2.70 bits per heavy atom. The van der Waals surface area contributed by atoms with Crippen LogP contribution in [0.15, 0.2) is 71.6 Å². The largest absolute Gasteiger partial charge is 0.461 e. The molecule has 96 valence electrons. The summed E-state index contributed by atoms with van der Waals surface area (Å²) in [6.45, 7) is 0. The van der Waals surface area contributed by atoms with Crippen LogP contribution in [0, 0.1) is 0 Å². The highest BCUT2D eigenvalue weighted by molar-refractivity contribution is 5.78. The average molecular weight is 261 g/mol. The van der Waals surface area contributed by atoms with Crippen molar-refractivity contribution in [3.05, 3.63) is 67.2 Å². The third-order valence-electron chi connectivity index (χ3n) is 3.20. The number of hydrogen-bond donors (Lipinski definition) is 0. The molecule has 4 aromatic rings. The highest BCUT2D eigenvalue weighted by Crippen LogP contribution is 2.28. The second-order valence-corrected chi connectivity index (χ2v) is 4.43. The van der Waals surface area contributed by atoms with Crippen molar-refractivity contribution in [2.45, 2.75) is 0 Å². The van der Waals surface area contributed by atoms with Gasteiger partial charge in [0, 0.05) is 12.4 Å². The van der Waals surface area contributed by atoms with Gasteiger partial charge in [-0.3, -0.25) is 9.38 Å². The molecule has 4 aromatic heterocycles. The lowest BCUT2D eigenvalue weighted by Crippen LogP contribution is -1.86. The third-order valence-corrected chi connectivity index (χ3v) is 3.20. The predicted octanol–water partition coefficient (Wildman–Crippen LogP) is 3.66. The van der Waals surface area contributed by atoms with E-state index < -0.39 is 0 Å². The number of fused-ring (bicyclic) bond motifs is 1. The minimum atomic E-state index is 0.744. The number of imidazole rings is 1. The SMILES string of the molecule is c1ccc(-c2nc(-c3ccco3)n3ccccc23)nc1. The maximum atomic E-state index is 5.47. The van der Waals surface area contributed by atoms with Crippen LogP contribution in [0.25, 0.3) is 28.5 Å². The van der Waals surface area contributed by atoms with E-state index in [2.05, 4.69) is 4.98 Å². The standard InChI is InChI=1S/C16H11N3O/c1-3-9-17-12(6-1)15-13-7-2-4-10-19(13)16(18-15)14-8-5-11-20-14/h1-11H. The van der Waals surface area contributed by atoms with E-state index in [9.17, 15) is 0 Å². The number of hydrogen-bond acceptors (Lipinski definition) is 3. The zero-order valence-corrected chi connectivity index (χ0v) is 10.6. The first-order chi connectivity index (χ1) is 9.93. The van der Waals surface area contributed by atoms with Gasteiger partial charge in [-0.15, -0.1) is 0 Å². The number of furan rings is 1. The van der Waals surface area contributed by atoms with Crippen molar-refractivity contribution in [1.82, 2.24) is 14.4 Å². The first kappa shape index (κ1) is 11.0. The second-order valence-electron chi connectivity index (χ2n) is 4.43. The molecule has 0 spiro atoms. The zero-order valence-electron chi connectivity index (χ0n) is 10.6. The van der Waals surface area contributed by atoms with E-state index >= 15 is 0 Å². The summed E-state index contributed by atoms with van der Waals surface area (Å²) in [6, 6.07) is 15.6. The third kappa shape index (κ3) is 1.62. The maximum Gasteiger partial charge on any atom is 0.181 e. The van der Waals surface area contributed by atoms with Gasteiger partial charge in [0.25, 0.3) is 0 Å². The monoisotopic (exact) mass is 261 g/mol. The van der Waals surface area contributed by atoms with Crippen LogP contribution in [0.2, 0.25) is 0 Å². The van der Waals surface area contributed by atoms with Crippen molar-refractivity contribution in [1.29, 1.82) is 0 Å². The molecule has 0 N–H and O–H groups in total. The Morgan fingerprint density at radius 2 is 1.90 bits per heavy atom. The fraction of sp³-hybridized carbons (Fsp3) is 0. The van der Waals surface area contributed by atoms with Crippen LogP contribution in [0.4, 0.5) is 0 Å². The summed E-state index contributed by atoms with van der Waals surface area (Å²) in [7, 11) is 0. The van der Waals surface area contributed by atoms with Gasteiger partial charge in [0.15, 0.2) is 11.6 Å². The van der Waals surface area contributed by atoms with Gasteiger partial charge in [-0.05, 0) is 36.4 Å². The first-order valence-electron chi connectivity index (χ1n) is 6.36. The lowest BCUT2D eigenvalue weighted by atomic mass is 10.2. The Bertz CT molecular complexity index is 848. The smallest absolute Gasteiger partial charge is 0.181 e. The van der Waals surface area contributed by atoms with Crippen LogP contribution in [0.5, 0.6) is 0 Å². The molecule has 0 aliphatic heterocycles. The molecule has 0 radical (unpaired) electrons. The van der Waals surface area contributed by atoms with Gasteiger partial charge in [-0.2, -0.15) is 0 Å². The molecule has 4 nitrogen and oxygen atoms in total. The summed E-state index contributed by atoms with van der Waals surface area (Å²) in [5, 5.41) is 0. The molecule has 0 fully saturated rings. The van der Waals surface area contributed by atoms with Crippen LogP contribution < -0.4 is 0 Å². The molecule has 0 saturated carbocycles. The summed E-state index contributed by atoms with van der Waals surface area (Å²) < 4.78 is 7.49. The fourth-order valence-corrected chi connectivity index (χ4v) is 2.31. The second kappa shape index (κ2) is 4.35. The van der Waals surface area contributed by atoms with Crippen molar-refractivity contribution >= 4 is 5.52 Å². The van der Waals surface area contributed by atoms with Crippen molar-refractivity contribution in [3.8, 4) is 23.0 Å². The molecule has 0 atom stereocenters. The quantitative estimate of drug-likeness (QED) is 0.553. The van der Waals surface area contributed by atoms with Crippen molar-refractivity contribution in [3.63, 3.8) is 0 Å². The lowest BCUT2D eigenvalue weighted by molar-refractivity contribution is 0.577. The minimum absolute atomic E-state index is 0.744. The maximum absolute atomic E-state index is 5.47. The Morgan fingerprint density at radius 1 is 0.950 bits per heavy atom. The molecule has 0 amide bonds. The van der Waals surface area contributed by atoms with Gasteiger partial charge >= 0.3 is 0 Å². The molecule has 0 aromatic carbocycles. The molecule has 4 heteroatoms. The van der Waals surface area contributed by atoms with Gasteiger partial charge in [0.1, 0.15) is 5.69 Å². The van der Waals surface area contributed by atoms with Gasteiger partial charge in [0.2, 0.25) is 0 Å². The Hall–Kier alpha value is -2.88. The molecule has 0 saturated heterocycles. The molecule has 0 bridgehead atoms. The summed E-state index contributed by atoms with van der Waals surface area (Å²) in [6.07, 6.45) is 5.41. The van der Waals surface area contributed by atoms with E-state index in [0.717, 1.165) is 28.5 Å². The lowest BCUT2D eigenvalue weighted by Gasteiger charge is -1.97. The summed E-state index contributed by atoms with van der Waals surface area (Å²) in [5.41, 5.74) is 2.73. The fourth-order valence-electron chi connectivity index (χ4n) is 2.31. The van der Waals surface area contributed by atoms with Crippen molar-refractivity contribution in [2.75, 3.05) is 0 Å². The van der Waals surface area contributed by atoms with Crippen LogP contribution in [-0.4, -0.2) is 14.4 Å². The zero-order chi connectivity index (χ0) is 13.4. The van der Waals surface area contributed by atoms with E-state index in [1.165, 1.54) is 0 Å². The minimum Gasteiger partial charge on any atom is -0.461 e. The van der Waals surface area contributed by atoms with Gasteiger partial charge in [0.05, 0.1) is 17.5 Å². The van der Waals surface area contributed by atoms with Crippen molar-refractivity contribution in [2.24, 2.45) is 0 Å². The van der Waals surface area contributed by atoms with Gasteiger partial charge in [-0.25, -0.2) is 4.98 Å². The van der Waals surface area contributed by atoms with Crippen LogP contribution >= 0.6 is 0 Å². The van der Waals surface area contributed by atoms with E-state index in [-0.39, 0.29) is 0 Å². The van der Waals surface area contributed by atoms with Gasteiger partial charge < -0.3 is 4.42 Å². The first-order valence-corrected chi connectivity index (χ1v) is 6.36. The normalized spacial score (nSPS) is 11.0. The van der Waals surface area contributed by atoms with Crippen LogP contribution in [0.3, 0.4) is 0 Å². The summed E-state index contributed by atoms with van der Waals surface area (Å²) >= 11 is 0.